The molecule has 0 radical (unpaired) electrons. The number of hydrogen-bond acceptors (Lipinski definition) is 4. The molecule has 0 atom stereocenters. The van der Waals surface area contributed by atoms with Crippen LogP contribution in [0.5, 0.6) is 0 Å². The molecule has 7 heteroatoms. The summed E-state index contributed by atoms with van der Waals surface area (Å²) in [5.74, 6) is -0.367. The van der Waals surface area contributed by atoms with Crippen molar-refractivity contribution in [3.63, 3.8) is 0 Å². The lowest BCUT2D eigenvalue weighted by Crippen LogP contribution is -2.43. The number of hydrogen-bond donors (Lipinski definition) is 2. The van der Waals surface area contributed by atoms with E-state index in [1.165, 1.54) is 0 Å². The molecule has 0 saturated carbocycles. The molecule has 118 valence electrons. The number of likely N-dealkylation sites (tertiary alicyclic amines) is 1. The number of nitrogens with zero attached hydrogens (tertiary/aromatic N) is 3. The summed E-state index contributed by atoms with van der Waals surface area (Å²) >= 11 is 0. The first-order valence-electron chi connectivity index (χ1n) is 7.56. The molecule has 2 heterocycles. The predicted octanol–water partition coefficient (Wildman–Crippen LogP) is 1.05. The smallest absolute Gasteiger partial charge is 0.251 e. The Balaban J connectivity index is 1.54. The zero-order valence-corrected chi connectivity index (χ0v) is 12.6. The summed E-state index contributed by atoms with van der Waals surface area (Å²) in [7, 11) is 0. The van der Waals surface area contributed by atoms with Crippen molar-refractivity contribution in [1.29, 1.82) is 5.26 Å². The van der Waals surface area contributed by atoms with E-state index in [9.17, 15) is 9.59 Å². The van der Waals surface area contributed by atoms with Crippen LogP contribution in [-0.2, 0) is 4.79 Å². The van der Waals surface area contributed by atoms with E-state index in [4.69, 9.17) is 5.26 Å². The molecule has 7 nitrogen and oxygen atoms in total. The number of benzene rings is 1. The number of amides is 2. The van der Waals surface area contributed by atoms with Crippen LogP contribution in [-0.4, -0.2) is 46.3 Å². The molecule has 0 aliphatic carbocycles. The van der Waals surface area contributed by atoms with Gasteiger partial charge in [-0.25, -0.2) is 4.98 Å². The molecule has 2 N–H and O–H groups in total. The van der Waals surface area contributed by atoms with Crippen molar-refractivity contribution in [3.8, 4) is 6.07 Å². The zero-order chi connectivity index (χ0) is 16.2. The van der Waals surface area contributed by atoms with Gasteiger partial charge in [-0.2, -0.15) is 5.26 Å². The maximum Gasteiger partial charge on any atom is 0.251 e. The number of rotatable bonds is 3. The number of aromatic nitrogens is 2. The number of aromatic amines is 1. The Labute approximate surface area is 133 Å². The molecule has 0 unspecified atom stereocenters. The second-order valence-electron chi connectivity index (χ2n) is 5.60. The lowest BCUT2D eigenvalue weighted by molar-refractivity contribution is -0.131. The van der Waals surface area contributed by atoms with Crippen molar-refractivity contribution < 1.29 is 9.59 Å². The summed E-state index contributed by atoms with van der Waals surface area (Å²) in [4.78, 5) is 33.0. The SMILES string of the molecule is N#CC1CCN(C(=O)CNC(=O)c2ccc3nc[nH]c3c2)CC1. The van der Waals surface area contributed by atoms with Gasteiger partial charge < -0.3 is 15.2 Å². The van der Waals surface area contributed by atoms with Gasteiger partial charge >= 0.3 is 0 Å². The van der Waals surface area contributed by atoms with Crippen LogP contribution < -0.4 is 5.32 Å². The van der Waals surface area contributed by atoms with Gasteiger partial charge in [0.25, 0.3) is 5.91 Å². The van der Waals surface area contributed by atoms with E-state index in [0.29, 0.717) is 31.5 Å². The Hall–Kier alpha value is -2.88. The molecule has 2 amide bonds. The van der Waals surface area contributed by atoms with E-state index in [2.05, 4.69) is 21.4 Å². The number of imidazole rings is 1. The molecule has 1 saturated heterocycles. The van der Waals surface area contributed by atoms with Crippen molar-refractivity contribution >= 4 is 22.8 Å². The average molecular weight is 311 g/mol. The van der Waals surface area contributed by atoms with Crippen molar-refractivity contribution in [2.45, 2.75) is 12.8 Å². The minimum absolute atomic E-state index is 0.0307. The maximum absolute atomic E-state index is 12.1. The Kier molecular flexibility index (Phi) is 4.24. The minimum Gasteiger partial charge on any atom is -0.345 e. The van der Waals surface area contributed by atoms with Crippen LogP contribution in [0.1, 0.15) is 23.2 Å². The molecule has 1 aromatic carbocycles. The highest BCUT2D eigenvalue weighted by Gasteiger charge is 2.22. The van der Waals surface area contributed by atoms with E-state index in [-0.39, 0.29) is 24.3 Å². The topological polar surface area (TPSA) is 102 Å². The quantitative estimate of drug-likeness (QED) is 0.884. The third-order valence-electron chi connectivity index (χ3n) is 4.11. The Morgan fingerprint density at radius 1 is 1.39 bits per heavy atom. The highest BCUT2D eigenvalue weighted by molar-refractivity contribution is 5.98. The number of nitriles is 1. The largest absolute Gasteiger partial charge is 0.345 e. The highest BCUT2D eigenvalue weighted by Crippen LogP contribution is 2.16. The van der Waals surface area contributed by atoms with Gasteiger partial charge in [-0.1, -0.05) is 0 Å². The van der Waals surface area contributed by atoms with Crippen LogP contribution in [0.2, 0.25) is 0 Å². The molecular weight excluding hydrogens is 294 g/mol. The first-order chi connectivity index (χ1) is 11.2. The molecular formula is C16H17N5O2. The molecule has 1 aromatic heterocycles. The first-order valence-corrected chi connectivity index (χ1v) is 7.56. The Morgan fingerprint density at radius 3 is 2.91 bits per heavy atom. The van der Waals surface area contributed by atoms with Gasteiger partial charge in [-0.3, -0.25) is 9.59 Å². The molecule has 1 aliphatic rings. The zero-order valence-electron chi connectivity index (χ0n) is 12.6. The van der Waals surface area contributed by atoms with E-state index in [1.807, 2.05) is 0 Å². The van der Waals surface area contributed by atoms with Crippen LogP contribution in [0.3, 0.4) is 0 Å². The lowest BCUT2D eigenvalue weighted by Gasteiger charge is -2.29. The number of fused-ring (bicyclic) bond motifs is 1. The second kappa shape index (κ2) is 6.48. The fraction of sp³-hybridized carbons (Fsp3) is 0.375. The van der Waals surface area contributed by atoms with Crippen molar-refractivity contribution in [1.82, 2.24) is 20.2 Å². The van der Waals surface area contributed by atoms with Gasteiger partial charge in [-0.05, 0) is 31.0 Å². The standard InChI is InChI=1S/C16H17N5O2/c17-8-11-3-5-21(6-4-11)15(22)9-18-16(23)12-1-2-13-14(7-12)20-10-19-13/h1-2,7,10-11H,3-6,9H2,(H,18,23)(H,19,20). The number of piperidine rings is 1. The van der Waals surface area contributed by atoms with Crippen LogP contribution in [0.15, 0.2) is 24.5 Å². The third kappa shape index (κ3) is 3.31. The van der Waals surface area contributed by atoms with Crippen molar-refractivity contribution in [2.75, 3.05) is 19.6 Å². The summed E-state index contributed by atoms with van der Waals surface area (Å²) in [6.45, 7) is 1.12. The first kappa shape index (κ1) is 15.0. The van der Waals surface area contributed by atoms with Gasteiger partial charge in [0.15, 0.2) is 0 Å². The van der Waals surface area contributed by atoms with E-state index in [0.717, 1.165) is 11.0 Å². The predicted molar refractivity (Wildman–Crippen MR) is 83.3 cm³/mol. The van der Waals surface area contributed by atoms with Crippen LogP contribution in [0, 0.1) is 17.2 Å². The van der Waals surface area contributed by atoms with Gasteiger partial charge in [-0.15, -0.1) is 0 Å². The molecule has 0 spiro atoms. The van der Waals surface area contributed by atoms with E-state index < -0.39 is 0 Å². The average Bonchev–Trinajstić information content (AvgIpc) is 3.07. The van der Waals surface area contributed by atoms with Gasteiger partial charge in [0, 0.05) is 24.6 Å². The summed E-state index contributed by atoms with van der Waals surface area (Å²) in [6.07, 6.45) is 2.97. The molecule has 1 aliphatic heterocycles. The molecule has 23 heavy (non-hydrogen) atoms. The number of carbonyl (C=O) groups excluding carboxylic acids is 2. The highest BCUT2D eigenvalue weighted by atomic mass is 16.2. The normalized spacial score (nSPS) is 15.3. The Morgan fingerprint density at radius 2 is 2.17 bits per heavy atom. The number of carbonyl (C=O) groups is 2. The monoisotopic (exact) mass is 311 g/mol. The molecule has 2 aromatic rings. The lowest BCUT2D eigenvalue weighted by atomic mass is 9.99. The fourth-order valence-electron chi connectivity index (χ4n) is 2.70. The molecule has 0 bridgehead atoms. The number of nitrogens with one attached hydrogen (secondary N) is 2. The summed E-state index contributed by atoms with van der Waals surface area (Å²) in [5.41, 5.74) is 2.05. The number of H-pyrrole nitrogens is 1. The van der Waals surface area contributed by atoms with Crippen LogP contribution in [0.25, 0.3) is 11.0 Å². The van der Waals surface area contributed by atoms with Crippen LogP contribution >= 0.6 is 0 Å². The van der Waals surface area contributed by atoms with Gasteiger partial charge in [0.05, 0.1) is 30.0 Å². The summed E-state index contributed by atoms with van der Waals surface area (Å²) in [6, 6.07) is 7.38. The Bertz CT molecular complexity index is 768. The maximum atomic E-state index is 12.1. The van der Waals surface area contributed by atoms with Crippen LogP contribution in [0.4, 0.5) is 0 Å². The fourth-order valence-corrected chi connectivity index (χ4v) is 2.70. The second-order valence-corrected chi connectivity index (χ2v) is 5.60. The van der Waals surface area contributed by atoms with E-state index >= 15 is 0 Å². The molecule has 3 rings (SSSR count). The molecule has 1 fully saturated rings. The summed E-state index contributed by atoms with van der Waals surface area (Å²) < 4.78 is 0. The minimum atomic E-state index is -0.290. The third-order valence-corrected chi connectivity index (χ3v) is 4.11. The van der Waals surface area contributed by atoms with Gasteiger partial charge in [0.1, 0.15) is 0 Å². The van der Waals surface area contributed by atoms with Crippen molar-refractivity contribution in [2.24, 2.45) is 5.92 Å². The van der Waals surface area contributed by atoms with E-state index in [1.54, 1.807) is 29.4 Å². The van der Waals surface area contributed by atoms with Gasteiger partial charge in [0.2, 0.25) is 5.91 Å². The van der Waals surface area contributed by atoms with Crippen molar-refractivity contribution in [3.05, 3.63) is 30.1 Å². The summed E-state index contributed by atoms with van der Waals surface area (Å²) in [5, 5.41) is 11.5.